The monoisotopic (exact) mass is 522 g/mol. The Morgan fingerprint density at radius 3 is 2.19 bits per heavy atom. The fraction of sp³-hybridized carbons (Fsp3) is 0.862. The van der Waals surface area contributed by atoms with Crippen molar-refractivity contribution in [1.29, 1.82) is 0 Å². The van der Waals surface area contributed by atoms with E-state index in [0.29, 0.717) is 24.8 Å². The SMILES string of the molecule is CC(=O)[C@@](O)(CCC(C)(C)O)C(C)(O)[C@@H]1CC[C@@]2(O)C3=CC(=O)[C@@H]4C[C@@H](O)[C@@H](O)C[C@]4(C)C3CC[C@]12C. The lowest BCUT2D eigenvalue weighted by Gasteiger charge is -2.61. The van der Waals surface area contributed by atoms with Crippen LogP contribution in [0.1, 0.15) is 92.9 Å². The molecule has 4 rings (SSSR count). The Bertz CT molecular complexity index is 996. The Kier molecular flexibility index (Phi) is 6.76. The molecule has 0 saturated heterocycles. The van der Waals surface area contributed by atoms with Gasteiger partial charge in [0.25, 0.3) is 0 Å². The van der Waals surface area contributed by atoms with Gasteiger partial charge in [0, 0.05) is 11.3 Å². The molecular weight excluding hydrogens is 476 g/mol. The highest BCUT2D eigenvalue weighted by atomic mass is 16.4. The van der Waals surface area contributed by atoms with Gasteiger partial charge in [-0.25, -0.2) is 0 Å². The molecule has 4 aliphatic carbocycles. The molecule has 8 heteroatoms. The van der Waals surface area contributed by atoms with Crippen LogP contribution >= 0.6 is 0 Å². The average molecular weight is 523 g/mol. The van der Waals surface area contributed by atoms with E-state index in [1.54, 1.807) is 19.9 Å². The Morgan fingerprint density at radius 2 is 1.62 bits per heavy atom. The van der Waals surface area contributed by atoms with Crippen molar-refractivity contribution in [2.24, 2.45) is 28.6 Å². The summed E-state index contributed by atoms with van der Waals surface area (Å²) in [5.74, 6) is -2.00. The molecular formula is C29H46O8. The summed E-state index contributed by atoms with van der Waals surface area (Å²) in [4.78, 5) is 26.1. The Hall–Kier alpha value is -1.16. The van der Waals surface area contributed by atoms with Crippen LogP contribution in [0.15, 0.2) is 11.6 Å². The molecule has 6 N–H and O–H groups in total. The molecule has 2 unspecified atom stereocenters. The van der Waals surface area contributed by atoms with Crippen molar-refractivity contribution in [3.63, 3.8) is 0 Å². The number of hydrogen-bond acceptors (Lipinski definition) is 8. The topological polar surface area (TPSA) is 156 Å². The zero-order valence-electron chi connectivity index (χ0n) is 23.1. The van der Waals surface area contributed by atoms with Crippen LogP contribution in [0.5, 0.6) is 0 Å². The lowest BCUT2D eigenvalue weighted by Crippen LogP contribution is -2.66. The number of Topliss-reactive ketones (excluding diaryl/α,β-unsaturated/α-hetero) is 1. The number of fused-ring (bicyclic) bond motifs is 5. The number of aliphatic hydroxyl groups is 6. The number of carbonyl (C=O) groups excluding carboxylic acids is 2. The van der Waals surface area contributed by atoms with Gasteiger partial charge in [-0.05, 0) is 108 Å². The molecule has 3 fully saturated rings. The molecule has 4 aliphatic rings. The molecule has 0 aromatic heterocycles. The molecule has 8 nitrogen and oxygen atoms in total. The molecule has 0 aromatic carbocycles. The van der Waals surface area contributed by atoms with Crippen molar-refractivity contribution in [3.05, 3.63) is 11.6 Å². The summed E-state index contributed by atoms with van der Waals surface area (Å²) >= 11 is 0. The number of aliphatic hydroxyl groups excluding tert-OH is 2. The molecule has 0 aliphatic heterocycles. The fourth-order valence-corrected chi connectivity index (χ4v) is 8.83. The summed E-state index contributed by atoms with van der Waals surface area (Å²) in [5.41, 5.74) is -7.50. The lowest BCUT2D eigenvalue weighted by atomic mass is 9.45. The fourth-order valence-electron chi connectivity index (χ4n) is 8.83. The van der Waals surface area contributed by atoms with Crippen LogP contribution in [0.3, 0.4) is 0 Å². The van der Waals surface area contributed by atoms with E-state index in [4.69, 9.17) is 0 Å². The number of allylic oxidation sites excluding steroid dienone is 1. The Morgan fingerprint density at radius 1 is 1.00 bits per heavy atom. The number of rotatable bonds is 6. The number of ketones is 2. The Balaban J connectivity index is 1.74. The highest BCUT2D eigenvalue weighted by molar-refractivity contribution is 5.95. The van der Waals surface area contributed by atoms with E-state index >= 15 is 0 Å². The minimum absolute atomic E-state index is 0.0998. The van der Waals surface area contributed by atoms with E-state index < -0.39 is 63.1 Å². The van der Waals surface area contributed by atoms with Crippen molar-refractivity contribution in [3.8, 4) is 0 Å². The van der Waals surface area contributed by atoms with Gasteiger partial charge in [-0.2, -0.15) is 0 Å². The standard InChI is InChI=1S/C29H46O8/c1-16(30)28(36,12-11-24(2,3)34)27(6,35)23-8-10-29(37)18-13-20(31)19-14-21(32)22(33)15-25(19,4)17(18)7-9-26(23,29)5/h13,17,19,21-23,32-37H,7-12,14-15H2,1-6H3/t17?,19-,21+,22-,23+,25+,26+,27?,28-,29+/m0/s1. The van der Waals surface area contributed by atoms with Gasteiger partial charge in [-0.3, -0.25) is 9.59 Å². The second-order valence-corrected chi connectivity index (χ2v) is 14.0. The van der Waals surface area contributed by atoms with E-state index in [2.05, 4.69) is 0 Å². The molecule has 0 bridgehead atoms. The third-order valence-electron chi connectivity index (χ3n) is 11.3. The van der Waals surface area contributed by atoms with Gasteiger partial charge >= 0.3 is 0 Å². The smallest absolute Gasteiger partial charge is 0.164 e. The third-order valence-corrected chi connectivity index (χ3v) is 11.3. The quantitative estimate of drug-likeness (QED) is 0.309. The minimum atomic E-state index is -2.12. The molecule has 0 radical (unpaired) electrons. The van der Waals surface area contributed by atoms with E-state index in [9.17, 15) is 40.2 Å². The number of hydrogen-bond donors (Lipinski definition) is 6. The lowest BCUT2D eigenvalue weighted by molar-refractivity contribution is -0.212. The highest BCUT2D eigenvalue weighted by Gasteiger charge is 2.71. The Labute approximate surface area is 219 Å². The average Bonchev–Trinajstić information content (AvgIpc) is 3.05. The maximum atomic E-state index is 13.3. The molecule has 210 valence electrons. The van der Waals surface area contributed by atoms with E-state index in [-0.39, 0.29) is 43.8 Å². The maximum absolute atomic E-state index is 13.3. The van der Waals surface area contributed by atoms with Gasteiger partial charge in [-0.1, -0.05) is 13.8 Å². The van der Waals surface area contributed by atoms with Crippen LogP contribution in [0, 0.1) is 28.6 Å². The summed E-state index contributed by atoms with van der Waals surface area (Å²) in [6.07, 6.45) is 1.81. The predicted molar refractivity (Wildman–Crippen MR) is 136 cm³/mol. The first-order valence-electron chi connectivity index (χ1n) is 13.8. The molecule has 0 spiro atoms. The summed E-state index contributed by atoms with van der Waals surface area (Å²) in [5, 5.41) is 67.0. The summed E-state index contributed by atoms with van der Waals surface area (Å²) < 4.78 is 0. The molecule has 0 heterocycles. The van der Waals surface area contributed by atoms with Crippen molar-refractivity contribution in [2.45, 2.75) is 128 Å². The second kappa shape index (κ2) is 8.67. The van der Waals surface area contributed by atoms with Crippen LogP contribution in [-0.2, 0) is 9.59 Å². The first-order chi connectivity index (χ1) is 16.7. The second-order valence-electron chi connectivity index (χ2n) is 14.0. The van der Waals surface area contributed by atoms with Crippen LogP contribution in [0.2, 0.25) is 0 Å². The van der Waals surface area contributed by atoms with Gasteiger partial charge in [0.05, 0.1) is 23.4 Å². The molecule has 37 heavy (non-hydrogen) atoms. The van der Waals surface area contributed by atoms with Gasteiger partial charge in [-0.15, -0.1) is 0 Å². The van der Waals surface area contributed by atoms with Gasteiger partial charge < -0.3 is 30.6 Å². The van der Waals surface area contributed by atoms with E-state index in [0.717, 1.165) is 0 Å². The van der Waals surface area contributed by atoms with Crippen molar-refractivity contribution in [1.82, 2.24) is 0 Å². The largest absolute Gasteiger partial charge is 0.390 e. The third kappa shape index (κ3) is 4.01. The van der Waals surface area contributed by atoms with Gasteiger partial charge in [0.15, 0.2) is 17.2 Å². The highest BCUT2D eigenvalue weighted by Crippen LogP contribution is 2.69. The van der Waals surface area contributed by atoms with Crippen molar-refractivity contribution < 1.29 is 40.2 Å². The van der Waals surface area contributed by atoms with E-state index in [1.165, 1.54) is 13.8 Å². The normalized spacial score (nSPS) is 45.1. The molecule has 0 amide bonds. The minimum Gasteiger partial charge on any atom is -0.390 e. The first-order valence-corrected chi connectivity index (χ1v) is 13.8. The molecule has 10 atom stereocenters. The van der Waals surface area contributed by atoms with Crippen molar-refractivity contribution in [2.75, 3.05) is 0 Å². The first kappa shape index (κ1) is 28.8. The van der Waals surface area contributed by atoms with Crippen molar-refractivity contribution >= 4 is 11.6 Å². The zero-order valence-corrected chi connectivity index (χ0v) is 23.1. The maximum Gasteiger partial charge on any atom is 0.164 e. The predicted octanol–water partition coefficient (Wildman–Crippen LogP) is 1.81. The van der Waals surface area contributed by atoms with Crippen LogP contribution < -0.4 is 0 Å². The van der Waals surface area contributed by atoms with Crippen LogP contribution in [-0.4, -0.2) is 76.8 Å². The van der Waals surface area contributed by atoms with Crippen LogP contribution in [0.25, 0.3) is 0 Å². The zero-order chi connectivity index (χ0) is 28.0. The molecule has 3 saturated carbocycles. The summed E-state index contributed by atoms with van der Waals surface area (Å²) in [6, 6.07) is 0. The summed E-state index contributed by atoms with van der Waals surface area (Å²) in [7, 11) is 0. The van der Waals surface area contributed by atoms with Gasteiger partial charge in [0.2, 0.25) is 0 Å². The van der Waals surface area contributed by atoms with Gasteiger partial charge in [0.1, 0.15) is 5.60 Å². The number of carbonyl (C=O) groups is 2. The summed E-state index contributed by atoms with van der Waals surface area (Å²) in [6.45, 7) is 9.73. The molecule has 0 aromatic rings. The van der Waals surface area contributed by atoms with E-state index in [1.807, 2.05) is 13.8 Å². The van der Waals surface area contributed by atoms with Crippen LogP contribution in [0.4, 0.5) is 0 Å².